The highest BCUT2D eigenvalue weighted by molar-refractivity contribution is 6.63. The van der Waals surface area contributed by atoms with E-state index in [1.54, 1.807) is 20.2 Å². The van der Waals surface area contributed by atoms with Crippen molar-refractivity contribution in [2.45, 2.75) is 32.0 Å². The number of carbonyl (C=O) groups excluding carboxylic acids is 1. The van der Waals surface area contributed by atoms with E-state index in [1.165, 1.54) is 11.1 Å². The first-order valence-corrected chi connectivity index (χ1v) is 10.5. The topological polar surface area (TPSA) is 98.7 Å². The lowest BCUT2D eigenvalue weighted by atomic mass is 10.1. The van der Waals surface area contributed by atoms with Gasteiger partial charge < -0.3 is 25.0 Å². The van der Waals surface area contributed by atoms with Crippen LogP contribution in [0.15, 0.2) is 28.3 Å². The van der Waals surface area contributed by atoms with Crippen LogP contribution in [0.25, 0.3) is 0 Å². The summed E-state index contributed by atoms with van der Waals surface area (Å²) in [6, 6.07) is 5.47. The zero-order chi connectivity index (χ0) is 21.8. The molecule has 0 bridgehead atoms. The molecule has 1 aliphatic heterocycles. The Kier molecular flexibility index (Phi) is 6.25. The summed E-state index contributed by atoms with van der Waals surface area (Å²) >= 11 is 0. The number of rotatable bonds is 6. The minimum atomic E-state index is -0.402. The van der Waals surface area contributed by atoms with Crippen molar-refractivity contribution in [3.05, 3.63) is 23.8 Å². The molecule has 3 aliphatic rings. The number of carbonyl (C=O) groups is 1. The monoisotopic (exact) mass is 424 g/mol. The smallest absolute Gasteiger partial charge is 0.280 e. The molecule has 0 unspecified atom stereocenters. The Labute approximate surface area is 182 Å². The summed E-state index contributed by atoms with van der Waals surface area (Å²) in [6.07, 6.45) is 5.57. The number of hydrazone groups is 1. The molecule has 1 aromatic carbocycles. The Morgan fingerprint density at radius 3 is 2.68 bits per heavy atom. The van der Waals surface area contributed by atoms with E-state index in [2.05, 4.69) is 21.9 Å². The molecular formula is C23H28N4O4. The van der Waals surface area contributed by atoms with Crippen molar-refractivity contribution in [1.82, 2.24) is 0 Å². The van der Waals surface area contributed by atoms with E-state index >= 15 is 0 Å². The Hall–Kier alpha value is -2.89. The van der Waals surface area contributed by atoms with Crippen LogP contribution in [0.1, 0.15) is 31.2 Å². The molecule has 1 aromatic rings. The van der Waals surface area contributed by atoms with Gasteiger partial charge in [-0.1, -0.05) is 11.8 Å². The number of amides is 1. The summed E-state index contributed by atoms with van der Waals surface area (Å²) in [5.41, 5.74) is 1.69. The number of methoxy groups -OCH3 is 1. The molecule has 0 radical (unpaired) electrons. The maximum Gasteiger partial charge on any atom is 0.280 e. The highest BCUT2D eigenvalue weighted by Gasteiger charge is 2.46. The maximum absolute atomic E-state index is 12.9. The van der Waals surface area contributed by atoms with Gasteiger partial charge in [0.15, 0.2) is 12.0 Å². The Morgan fingerprint density at radius 2 is 2.06 bits per heavy atom. The van der Waals surface area contributed by atoms with Gasteiger partial charge in [0.25, 0.3) is 5.91 Å². The second-order valence-electron chi connectivity index (χ2n) is 8.39. The van der Waals surface area contributed by atoms with Crippen LogP contribution < -0.4 is 15.5 Å². The van der Waals surface area contributed by atoms with E-state index < -0.39 is 6.29 Å². The average molecular weight is 425 g/mol. The van der Waals surface area contributed by atoms with Gasteiger partial charge in [-0.2, -0.15) is 5.10 Å². The van der Waals surface area contributed by atoms with Gasteiger partial charge in [-0.05, 0) is 37.8 Å². The fourth-order valence-electron chi connectivity index (χ4n) is 3.24. The third-order valence-electron chi connectivity index (χ3n) is 5.75. The standard InChI is InChI=1S/C23H28N4O4/c1-27(18-9-17(6-5-16-3-4-16)10-19(11-18)29-2)22(28)20(26-24)12-25-13-21-30-14-23(7-8-23)15-31-21/h9-12,16,21H,3-4,7-8,13-15,24H2,1-2H3. The summed E-state index contributed by atoms with van der Waals surface area (Å²) in [7, 11) is 3.23. The number of hydrogen-bond donors (Lipinski definition) is 1. The quantitative estimate of drug-likeness (QED) is 0.326. The highest BCUT2D eigenvalue weighted by atomic mass is 16.7. The third kappa shape index (κ3) is 5.43. The molecule has 1 heterocycles. The first-order valence-electron chi connectivity index (χ1n) is 10.5. The van der Waals surface area contributed by atoms with Gasteiger partial charge in [0.2, 0.25) is 0 Å². The first-order chi connectivity index (χ1) is 15.0. The van der Waals surface area contributed by atoms with Crippen LogP contribution in [0.3, 0.4) is 0 Å². The van der Waals surface area contributed by atoms with Gasteiger partial charge in [0.1, 0.15) is 5.75 Å². The summed E-state index contributed by atoms with van der Waals surface area (Å²) < 4.78 is 16.8. The SMILES string of the molecule is COc1cc(C#CC2CC2)cc(N(C)C(=O)C(C=NCC2OCC3(CC3)CO2)=NN)c1. The van der Waals surface area contributed by atoms with Gasteiger partial charge in [-0.15, -0.1) is 0 Å². The number of aliphatic imine (C=N–C) groups is 1. The molecule has 3 fully saturated rings. The number of ether oxygens (including phenoxy) is 3. The molecule has 1 spiro atoms. The van der Waals surface area contributed by atoms with Gasteiger partial charge in [0.05, 0.1) is 33.1 Å². The van der Waals surface area contributed by atoms with Crippen molar-refractivity contribution in [3.8, 4) is 17.6 Å². The predicted octanol–water partition coefficient (Wildman–Crippen LogP) is 1.96. The summed E-state index contributed by atoms with van der Waals surface area (Å²) in [5, 5.41) is 3.62. The number of benzene rings is 1. The van der Waals surface area contributed by atoms with E-state index in [4.69, 9.17) is 20.1 Å². The minimum absolute atomic E-state index is 0.0328. The zero-order valence-electron chi connectivity index (χ0n) is 18.0. The maximum atomic E-state index is 12.9. The van der Waals surface area contributed by atoms with E-state index in [0.717, 1.165) is 31.2 Å². The summed E-state index contributed by atoms with van der Waals surface area (Å²) in [6.45, 7) is 1.69. The zero-order valence-corrected chi connectivity index (χ0v) is 18.0. The minimum Gasteiger partial charge on any atom is -0.497 e. The lowest BCUT2D eigenvalue weighted by molar-refractivity contribution is -0.201. The van der Waals surface area contributed by atoms with Gasteiger partial charge >= 0.3 is 0 Å². The third-order valence-corrected chi connectivity index (χ3v) is 5.75. The van der Waals surface area contributed by atoms with Crippen molar-refractivity contribution < 1.29 is 19.0 Å². The Balaban J connectivity index is 1.39. The molecule has 1 amide bonds. The van der Waals surface area contributed by atoms with Crippen molar-refractivity contribution >= 4 is 23.5 Å². The second kappa shape index (κ2) is 9.08. The molecule has 1 saturated heterocycles. The summed E-state index contributed by atoms with van der Waals surface area (Å²) in [5.74, 6) is 12.6. The van der Waals surface area contributed by atoms with E-state index in [1.807, 2.05) is 12.1 Å². The molecule has 31 heavy (non-hydrogen) atoms. The molecule has 0 aromatic heterocycles. The molecule has 8 heteroatoms. The van der Waals surface area contributed by atoms with E-state index in [0.29, 0.717) is 30.6 Å². The molecule has 2 N–H and O–H groups in total. The van der Waals surface area contributed by atoms with Crippen molar-refractivity contribution in [2.75, 3.05) is 38.8 Å². The lowest BCUT2D eigenvalue weighted by Gasteiger charge is -2.28. The van der Waals surface area contributed by atoms with Crippen LogP contribution in [0.5, 0.6) is 5.75 Å². The van der Waals surface area contributed by atoms with Gasteiger partial charge in [0, 0.05) is 35.7 Å². The number of anilines is 1. The number of hydrogen-bond acceptors (Lipinski definition) is 7. The fourth-order valence-corrected chi connectivity index (χ4v) is 3.24. The van der Waals surface area contributed by atoms with Crippen molar-refractivity contribution in [2.24, 2.45) is 27.3 Å². The largest absolute Gasteiger partial charge is 0.497 e. The van der Waals surface area contributed by atoms with E-state index in [9.17, 15) is 4.79 Å². The van der Waals surface area contributed by atoms with Crippen LogP contribution in [0.4, 0.5) is 5.69 Å². The highest BCUT2D eigenvalue weighted by Crippen LogP contribution is 2.48. The number of nitrogens with two attached hydrogens (primary N) is 1. The number of nitrogens with zero attached hydrogens (tertiary/aromatic N) is 3. The van der Waals surface area contributed by atoms with Gasteiger partial charge in [-0.3, -0.25) is 9.79 Å². The van der Waals surface area contributed by atoms with Crippen LogP contribution in [-0.4, -0.2) is 58.0 Å². The summed E-state index contributed by atoms with van der Waals surface area (Å²) in [4.78, 5) is 18.6. The van der Waals surface area contributed by atoms with Crippen LogP contribution in [0, 0.1) is 23.2 Å². The molecule has 4 rings (SSSR count). The molecule has 8 nitrogen and oxygen atoms in total. The van der Waals surface area contributed by atoms with Gasteiger partial charge in [-0.25, -0.2) is 0 Å². The van der Waals surface area contributed by atoms with Crippen molar-refractivity contribution in [1.29, 1.82) is 0 Å². The van der Waals surface area contributed by atoms with Crippen molar-refractivity contribution in [3.63, 3.8) is 0 Å². The fraction of sp³-hybridized carbons (Fsp3) is 0.522. The normalized spacial score (nSPS) is 20.4. The average Bonchev–Trinajstić information content (AvgIpc) is 3.73. The van der Waals surface area contributed by atoms with Crippen LogP contribution >= 0.6 is 0 Å². The van der Waals surface area contributed by atoms with Crippen LogP contribution in [-0.2, 0) is 14.3 Å². The molecule has 164 valence electrons. The van der Waals surface area contributed by atoms with E-state index in [-0.39, 0.29) is 23.6 Å². The Bertz CT molecular complexity index is 944. The Morgan fingerprint density at radius 1 is 1.32 bits per heavy atom. The molecule has 2 saturated carbocycles. The molecule has 2 aliphatic carbocycles. The second-order valence-corrected chi connectivity index (χ2v) is 8.39. The molecule has 0 atom stereocenters. The molecular weight excluding hydrogens is 396 g/mol. The van der Waals surface area contributed by atoms with Crippen LogP contribution in [0.2, 0.25) is 0 Å². The lowest BCUT2D eigenvalue weighted by Crippen LogP contribution is -2.36. The first kappa shape index (κ1) is 21.3. The predicted molar refractivity (Wildman–Crippen MR) is 118 cm³/mol.